The second-order valence-corrected chi connectivity index (χ2v) is 6.33. The lowest BCUT2D eigenvalue weighted by molar-refractivity contribution is 0.0901. The largest absolute Gasteiger partial charge is 0.455 e. The number of aryl methyl sites for hydroxylation is 1. The molecule has 7 heteroatoms. The first-order valence-corrected chi connectivity index (χ1v) is 8.41. The summed E-state index contributed by atoms with van der Waals surface area (Å²) in [5.74, 6) is 1.67. The first kappa shape index (κ1) is 15.2. The van der Waals surface area contributed by atoms with Crippen molar-refractivity contribution >= 4 is 17.7 Å². The molecule has 0 radical (unpaired) electrons. The number of rotatable bonds is 5. The Morgan fingerprint density at radius 1 is 1.59 bits per heavy atom. The summed E-state index contributed by atoms with van der Waals surface area (Å²) in [6.45, 7) is 1.86. The number of carbonyl (C=O) groups is 1. The van der Waals surface area contributed by atoms with Crippen LogP contribution in [-0.2, 0) is 12.8 Å². The fourth-order valence-corrected chi connectivity index (χ4v) is 3.26. The lowest BCUT2D eigenvalue weighted by Crippen LogP contribution is -2.45. The molecule has 1 amide bonds. The Bertz CT molecular complexity index is 631. The van der Waals surface area contributed by atoms with Crippen LogP contribution in [0.25, 0.3) is 0 Å². The molecule has 2 N–H and O–H groups in total. The number of imidazole rings is 1. The molecular weight excluding hydrogens is 300 g/mol. The van der Waals surface area contributed by atoms with Crippen molar-refractivity contribution in [1.29, 1.82) is 0 Å². The number of nitrogens with zero attached hydrogens (tertiary/aromatic N) is 2. The summed E-state index contributed by atoms with van der Waals surface area (Å²) in [5, 5.41) is 7.22. The molecule has 0 saturated carbocycles. The minimum absolute atomic E-state index is 0.137. The number of amides is 1. The van der Waals surface area contributed by atoms with Crippen molar-refractivity contribution in [1.82, 2.24) is 20.2 Å². The predicted octanol–water partition coefficient (Wildman–Crippen LogP) is 1.79. The molecule has 1 fully saturated rings. The highest BCUT2D eigenvalue weighted by Crippen LogP contribution is 2.22. The molecule has 2 aromatic heterocycles. The monoisotopic (exact) mass is 320 g/mol. The summed E-state index contributed by atoms with van der Waals surface area (Å²) in [6, 6.07) is 3.78. The van der Waals surface area contributed by atoms with Crippen LogP contribution in [-0.4, -0.2) is 34.6 Å². The van der Waals surface area contributed by atoms with E-state index in [1.807, 2.05) is 23.9 Å². The molecule has 0 unspecified atom stereocenters. The van der Waals surface area contributed by atoms with Crippen molar-refractivity contribution in [2.75, 3.05) is 13.1 Å². The average molecular weight is 320 g/mol. The number of hydrogen-bond donors (Lipinski definition) is 2. The van der Waals surface area contributed by atoms with Gasteiger partial charge in [-0.1, -0.05) is 11.8 Å². The molecule has 1 aliphatic heterocycles. The maximum Gasteiger partial charge on any atom is 0.287 e. The zero-order valence-electron chi connectivity index (χ0n) is 12.5. The van der Waals surface area contributed by atoms with Crippen LogP contribution in [0.5, 0.6) is 0 Å². The molecule has 3 rings (SSSR count). The molecule has 1 aliphatic rings. The fourth-order valence-electron chi connectivity index (χ4n) is 2.44. The van der Waals surface area contributed by atoms with E-state index in [1.165, 1.54) is 0 Å². The first-order valence-electron chi connectivity index (χ1n) is 7.43. The van der Waals surface area contributed by atoms with Crippen molar-refractivity contribution < 1.29 is 9.21 Å². The van der Waals surface area contributed by atoms with E-state index in [0.717, 1.165) is 36.8 Å². The van der Waals surface area contributed by atoms with E-state index in [9.17, 15) is 4.79 Å². The second kappa shape index (κ2) is 7.02. The van der Waals surface area contributed by atoms with Crippen LogP contribution in [0.2, 0.25) is 0 Å². The molecule has 0 aromatic carbocycles. The number of piperidine rings is 1. The van der Waals surface area contributed by atoms with E-state index in [0.29, 0.717) is 11.5 Å². The molecule has 2 aromatic rings. The summed E-state index contributed by atoms with van der Waals surface area (Å²) in [5.41, 5.74) is 0. The third-order valence-corrected chi connectivity index (χ3v) is 4.72. The van der Waals surface area contributed by atoms with Crippen molar-refractivity contribution in [3.05, 3.63) is 36.0 Å². The van der Waals surface area contributed by atoms with Crippen LogP contribution in [0.3, 0.4) is 0 Å². The van der Waals surface area contributed by atoms with Gasteiger partial charge in [-0.05, 0) is 31.5 Å². The zero-order valence-corrected chi connectivity index (χ0v) is 13.4. The smallest absolute Gasteiger partial charge is 0.287 e. The van der Waals surface area contributed by atoms with Gasteiger partial charge >= 0.3 is 0 Å². The Balaban J connectivity index is 1.53. The van der Waals surface area contributed by atoms with Gasteiger partial charge in [0.25, 0.3) is 5.91 Å². The predicted molar refractivity (Wildman–Crippen MR) is 84.8 cm³/mol. The molecule has 1 saturated heterocycles. The molecule has 118 valence electrons. The van der Waals surface area contributed by atoms with Crippen LogP contribution in [0.15, 0.2) is 34.1 Å². The van der Waals surface area contributed by atoms with Gasteiger partial charge in [0.05, 0.1) is 5.75 Å². The third-order valence-electron chi connectivity index (χ3n) is 3.64. The Labute approximate surface area is 133 Å². The fraction of sp³-hybridized carbons (Fsp3) is 0.467. The van der Waals surface area contributed by atoms with E-state index in [1.54, 1.807) is 24.0 Å². The van der Waals surface area contributed by atoms with Crippen molar-refractivity contribution in [3.8, 4) is 0 Å². The Hall–Kier alpha value is -1.73. The highest BCUT2D eigenvalue weighted by atomic mass is 32.2. The van der Waals surface area contributed by atoms with Crippen molar-refractivity contribution in [2.45, 2.75) is 29.8 Å². The SMILES string of the molecule is Cn1ccnc1SCc1ccc(C(=O)N[C@H]2CCCNC2)o1. The lowest BCUT2D eigenvalue weighted by atomic mass is 10.1. The zero-order chi connectivity index (χ0) is 15.4. The van der Waals surface area contributed by atoms with Crippen LogP contribution in [0.4, 0.5) is 0 Å². The highest BCUT2D eigenvalue weighted by molar-refractivity contribution is 7.98. The summed E-state index contributed by atoms with van der Waals surface area (Å²) in [6.07, 6.45) is 5.78. The average Bonchev–Trinajstić information content (AvgIpc) is 3.15. The van der Waals surface area contributed by atoms with Gasteiger partial charge in [-0.15, -0.1) is 0 Å². The van der Waals surface area contributed by atoms with Gasteiger partial charge in [-0.2, -0.15) is 0 Å². The summed E-state index contributed by atoms with van der Waals surface area (Å²) >= 11 is 1.58. The molecule has 6 nitrogen and oxygen atoms in total. The van der Waals surface area contributed by atoms with Gasteiger partial charge in [0.15, 0.2) is 10.9 Å². The second-order valence-electron chi connectivity index (χ2n) is 5.39. The molecule has 0 spiro atoms. The highest BCUT2D eigenvalue weighted by Gasteiger charge is 2.18. The maximum atomic E-state index is 12.2. The van der Waals surface area contributed by atoms with Gasteiger partial charge < -0.3 is 19.6 Å². The number of thioether (sulfide) groups is 1. The number of furan rings is 1. The Morgan fingerprint density at radius 3 is 3.23 bits per heavy atom. The van der Waals surface area contributed by atoms with E-state index >= 15 is 0 Å². The van der Waals surface area contributed by atoms with Crippen LogP contribution in [0.1, 0.15) is 29.2 Å². The normalized spacial score (nSPS) is 18.3. The summed E-state index contributed by atoms with van der Waals surface area (Å²) in [4.78, 5) is 16.4. The molecular formula is C15H20N4O2S. The number of aromatic nitrogens is 2. The van der Waals surface area contributed by atoms with E-state index in [4.69, 9.17) is 4.42 Å². The van der Waals surface area contributed by atoms with Crippen molar-refractivity contribution in [2.24, 2.45) is 7.05 Å². The summed E-state index contributed by atoms with van der Waals surface area (Å²) in [7, 11) is 1.95. The third kappa shape index (κ3) is 3.72. The Kier molecular flexibility index (Phi) is 4.84. The molecule has 0 bridgehead atoms. The Morgan fingerprint density at radius 2 is 2.50 bits per heavy atom. The summed E-state index contributed by atoms with van der Waals surface area (Å²) < 4.78 is 7.59. The lowest BCUT2D eigenvalue weighted by Gasteiger charge is -2.23. The minimum Gasteiger partial charge on any atom is -0.455 e. The van der Waals surface area contributed by atoms with Gasteiger partial charge in [-0.25, -0.2) is 4.98 Å². The molecule has 22 heavy (non-hydrogen) atoms. The van der Waals surface area contributed by atoms with Gasteiger partial charge in [-0.3, -0.25) is 4.79 Å². The minimum atomic E-state index is -0.137. The van der Waals surface area contributed by atoms with E-state index in [-0.39, 0.29) is 11.9 Å². The first-order chi connectivity index (χ1) is 10.7. The van der Waals surface area contributed by atoms with E-state index < -0.39 is 0 Å². The van der Waals surface area contributed by atoms with Crippen molar-refractivity contribution in [3.63, 3.8) is 0 Å². The number of carbonyl (C=O) groups excluding carboxylic acids is 1. The standard InChI is InChI=1S/C15H20N4O2S/c1-19-8-7-17-15(19)22-10-12-4-5-13(21-12)14(20)18-11-3-2-6-16-9-11/h4-5,7-8,11,16H,2-3,6,9-10H2,1H3,(H,18,20)/t11-/m0/s1. The van der Waals surface area contributed by atoms with Gasteiger partial charge in [0.1, 0.15) is 5.76 Å². The number of hydrogen-bond acceptors (Lipinski definition) is 5. The topological polar surface area (TPSA) is 72.1 Å². The van der Waals surface area contributed by atoms with E-state index in [2.05, 4.69) is 15.6 Å². The maximum absolute atomic E-state index is 12.2. The van der Waals surface area contributed by atoms with Crippen LogP contribution < -0.4 is 10.6 Å². The van der Waals surface area contributed by atoms with Gasteiger partial charge in [0, 0.05) is 32.0 Å². The quantitative estimate of drug-likeness (QED) is 0.822. The van der Waals surface area contributed by atoms with Gasteiger partial charge in [0.2, 0.25) is 0 Å². The molecule has 3 heterocycles. The molecule has 0 aliphatic carbocycles. The number of nitrogens with one attached hydrogen (secondary N) is 2. The van der Waals surface area contributed by atoms with Crippen LogP contribution >= 0.6 is 11.8 Å². The molecule has 1 atom stereocenters. The van der Waals surface area contributed by atoms with Crippen LogP contribution in [0, 0.1) is 0 Å².